The molecule has 0 aliphatic heterocycles. The molecule has 0 unspecified atom stereocenters. The second kappa shape index (κ2) is 7.05. The Kier molecular flexibility index (Phi) is 5.12. The number of hydrogen-bond acceptors (Lipinski definition) is 2. The Hall–Kier alpha value is -1.88. The lowest BCUT2D eigenvalue weighted by molar-refractivity contribution is -0.113. The third-order valence-corrected chi connectivity index (χ3v) is 3.55. The van der Waals surface area contributed by atoms with Crippen LogP contribution >= 0.6 is 11.8 Å². The molecule has 0 bridgehead atoms. The highest BCUT2D eigenvalue weighted by molar-refractivity contribution is 7.99. The van der Waals surface area contributed by atoms with E-state index in [1.54, 1.807) is 12.1 Å². The molecule has 5 heteroatoms. The predicted molar refractivity (Wildman–Crippen MR) is 77.6 cm³/mol. The predicted octanol–water partition coefficient (Wildman–Crippen LogP) is 3.84. The number of benzene rings is 2. The zero-order valence-electron chi connectivity index (χ0n) is 10.6. The van der Waals surface area contributed by atoms with Gasteiger partial charge in [0, 0.05) is 11.4 Å². The van der Waals surface area contributed by atoms with E-state index < -0.39 is 0 Å². The van der Waals surface area contributed by atoms with Crippen molar-refractivity contribution in [3.8, 4) is 0 Å². The third-order valence-electron chi connectivity index (χ3n) is 2.54. The van der Waals surface area contributed by atoms with Crippen LogP contribution in [0.4, 0.5) is 14.5 Å². The summed E-state index contributed by atoms with van der Waals surface area (Å²) in [5, 5.41) is 2.68. The third kappa shape index (κ3) is 4.66. The number of carbonyl (C=O) groups is 1. The lowest BCUT2D eigenvalue weighted by Crippen LogP contribution is -2.14. The summed E-state index contributed by atoms with van der Waals surface area (Å²) < 4.78 is 25.4. The first-order valence-corrected chi connectivity index (χ1v) is 7.16. The lowest BCUT2D eigenvalue weighted by Gasteiger charge is -2.05. The molecule has 0 aliphatic rings. The van der Waals surface area contributed by atoms with Crippen LogP contribution in [0.5, 0.6) is 0 Å². The second-order valence-electron chi connectivity index (χ2n) is 4.17. The Morgan fingerprint density at radius 1 is 0.950 bits per heavy atom. The minimum atomic E-state index is -0.339. The molecule has 1 N–H and O–H groups in total. The maximum absolute atomic E-state index is 12.7. The van der Waals surface area contributed by atoms with Gasteiger partial charge in [-0.1, -0.05) is 12.1 Å². The Morgan fingerprint density at radius 3 is 2.10 bits per heavy atom. The SMILES string of the molecule is O=C(CSCc1ccc(F)cc1)Nc1ccc(F)cc1. The van der Waals surface area contributed by atoms with Crippen molar-refractivity contribution >= 4 is 23.4 Å². The van der Waals surface area contributed by atoms with Crippen LogP contribution in [-0.2, 0) is 10.5 Å². The molecule has 2 nitrogen and oxygen atoms in total. The Bertz CT molecular complexity index is 569. The molecule has 0 atom stereocenters. The molecule has 0 spiro atoms. The zero-order chi connectivity index (χ0) is 14.4. The highest BCUT2D eigenvalue weighted by Gasteiger charge is 2.03. The van der Waals surface area contributed by atoms with Gasteiger partial charge >= 0.3 is 0 Å². The highest BCUT2D eigenvalue weighted by Crippen LogP contribution is 2.14. The fraction of sp³-hybridized carbons (Fsp3) is 0.133. The zero-order valence-corrected chi connectivity index (χ0v) is 11.4. The Labute approximate surface area is 120 Å². The van der Waals surface area contributed by atoms with Crippen molar-refractivity contribution in [2.24, 2.45) is 0 Å². The van der Waals surface area contributed by atoms with Crippen molar-refractivity contribution in [3.05, 3.63) is 65.7 Å². The van der Waals surface area contributed by atoms with Crippen LogP contribution < -0.4 is 5.32 Å². The molecule has 2 rings (SSSR count). The van der Waals surface area contributed by atoms with Crippen LogP contribution in [0.15, 0.2) is 48.5 Å². The largest absolute Gasteiger partial charge is 0.325 e. The van der Waals surface area contributed by atoms with Crippen LogP contribution in [-0.4, -0.2) is 11.7 Å². The standard InChI is InChI=1S/C15H13F2NOS/c16-12-3-1-11(2-4-12)9-20-10-15(19)18-14-7-5-13(17)6-8-14/h1-8H,9-10H2,(H,18,19). The normalized spacial score (nSPS) is 10.3. The minimum absolute atomic E-state index is 0.149. The summed E-state index contributed by atoms with van der Waals surface area (Å²) in [6.45, 7) is 0. The molecule has 0 saturated carbocycles. The van der Waals surface area contributed by atoms with Crippen LogP contribution in [0, 0.1) is 11.6 Å². The minimum Gasteiger partial charge on any atom is -0.325 e. The van der Waals surface area contributed by atoms with Crippen LogP contribution in [0.2, 0.25) is 0 Å². The maximum Gasteiger partial charge on any atom is 0.234 e. The first-order chi connectivity index (χ1) is 9.63. The van der Waals surface area contributed by atoms with Gasteiger partial charge in [0.1, 0.15) is 11.6 Å². The van der Waals surface area contributed by atoms with Crippen LogP contribution in [0.1, 0.15) is 5.56 Å². The summed E-state index contributed by atoms with van der Waals surface area (Å²) in [4.78, 5) is 11.7. The average molecular weight is 293 g/mol. The fourth-order valence-electron chi connectivity index (χ4n) is 1.57. The van der Waals surface area contributed by atoms with Gasteiger partial charge in [-0.05, 0) is 42.0 Å². The summed E-state index contributed by atoms with van der Waals surface area (Å²) in [7, 11) is 0. The van der Waals surface area contributed by atoms with Gasteiger partial charge < -0.3 is 5.32 Å². The number of anilines is 1. The van der Waals surface area contributed by atoms with Crippen molar-refractivity contribution in [2.75, 3.05) is 11.1 Å². The smallest absolute Gasteiger partial charge is 0.234 e. The number of thioether (sulfide) groups is 1. The molecule has 2 aromatic carbocycles. The molecule has 0 heterocycles. The van der Waals surface area contributed by atoms with E-state index in [9.17, 15) is 13.6 Å². The number of rotatable bonds is 5. The van der Waals surface area contributed by atoms with Crippen molar-refractivity contribution in [3.63, 3.8) is 0 Å². The summed E-state index contributed by atoms with van der Waals surface area (Å²) >= 11 is 1.43. The molecule has 1 amide bonds. The fourth-order valence-corrected chi connectivity index (χ4v) is 2.36. The van der Waals surface area contributed by atoms with E-state index in [-0.39, 0.29) is 23.3 Å². The summed E-state index contributed by atoms with van der Waals surface area (Å²) in [6.07, 6.45) is 0. The maximum atomic E-state index is 12.7. The number of nitrogens with one attached hydrogen (secondary N) is 1. The van der Waals surface area contributed by atoms with Gasteiger partial charge in [-0.2, -0.15) is 0 Å². The summed E-state index contributed by atoms with van der Waals surface area (Å²) in [5.74, 6) is 0.163. The van der Waals surface area contributed by atoms with E-state index in [1.165, 1.54) is 48.2 Å². The summed E-state index contributed by atoms with van der Waals surface area (Å²) in [6, 6.07) is 11.8. The van der Waals surface area contributed by atoms with Crippen LogP contribution in [0.25, 0.3) is 0 Å². The van der Waals surface area contributed by atoms with Crippen molar-refractivity contribution in [1.82, 2.24) is 0 Å². The van der Waals surface area contributed by atoms with E-state index in [2.05, 4.69) is 5.32 Å². The molecule has 0 radical (unpaired) electrons. The molecule has 0 aromatic heterocycles. The van der Waals surface area contributed by atoms with Gasteiger partial charge in [-0.25, -0.2) is 8.78 Å². The van der Waals surface area contributed by atoms with Gasteiger partial charge in [0.05, 0.1) is 5.75 Å². The molecular weight excluding hydrogens is 280 g/mol. The molecule has 0 saturated heterocycles. The monoisotopic (exact) mass is 293 g/mol. The Morgan fingerprint density at radius 2 is 1.50 bits per heavy atom. The first kappa shape index (κ1) is 14.5. The number of carbonyl (C=O) groups excluding carboxylic acids is 1. The number of hydrogen-bond donors (Lipinski definition) is 1. The molecule has 0 fully saturated rings. The first-order valence-electron chi connectivity index (χ1n) is 6.01. The average Bonchev–Trinajstić information content (AvgIpc) is 2.44. The Balaban J connectivity index is 1.75. The molecule has 20 heavy (non-hydrogen) atoms. The quantitative estimate of drug-likeness (QED) is 0.907. The van der Waals surface area contributed by atoms with Crippen molar-refractivity contribution in [1.29, 1.82) is 0 Å². The van der Waals surface area contributed by atoms with E-state index in [4.69, 9.17) is 0 Å². The van der Waals surface area contributed by atoms with Crippen molar-refractivity contribution in [2.45, 2.75) is 5.75 Å². The van der Waals surface area contributed by atoms with E-state index >= 15 is 0 Å². The highest BCUT2D eigenvalue weighted by atomic mass is 32.2. The number of halogens is 2. The van der Waals surface area contributed by atoms with Gasteiger partial charge in [0.25, 0.3) is 0 Å². The topological polar surface area (TPSA) is 29.1 Å². The van der Waals surface area contributed by atoms with E-state index in [0.717, 1.165) is 5.56 Å². The van der Waals surface area contributed by atoms with E-state index in [1.807, 2.05) is 0 Å². The van der Waals surface area contributed by atoms with Gasteiger partial charge in [0.15, 0.2) is 0 Å². The molecule has 0 aliphatic carbocycles. The van der Waals surface area contributed by atoms with Gasteiger partial charge in [-0.3, -0.25) is 4.79 Å². The van der Waals surface area contributed by atoms with Gasteiger partial charge in [-0.15, -0.1) is 11.8 Å². The molecular formula is C15H13F2NOS. The van der Waals surface area contributed by atoms with E-state index in [0.29, 0.717) is 11.4 Å². The second-order valence-corrected chi connectivity index (χ2v) is 5.16. The van der Waals surface area contributed by atoms with Crippen molar-refractivity contribution < 1.29 is 13.6 Å². The molecule has 2 aromatic rings. The van der Waals surface area contributed by atoms with Gasteiger partial charge in [0.2, 0.25) is 5.91 Å². The summed E-state index contributed by atoms with van der Waals surface area (Å²) in [5.41, 5.74) is 1.53. The lowest BCUT2D eigenvalue weighted by atomic mass is 10.2. The molecule has 104 valence electrons. The number of amides is 1. The van der Waals surface area contributed by atoms with Crippen LogP contribution in [0.3, 0.4) is 0 Å².